The van der Waals surface area contributed by atoms with Gasteiger partial charge in [-0.2, -0.15) is 0 Å². The molecule has 1 aromatic heterocycles. The number of imide groups is 1. The Labute approximate surface area is 265 Å². The fourth-order valence-electron chi connectivity index (χ4n) is 4.85. The number of benzene rings is 3. The zero-order chi connectivity index (χ0) is 30.7. The summed E-state index contributed by atoms with van der Waals surface area (Å²) in [5.41, 5.74) is 6.06. The van der Waals surface area contributed by atoms with Crippen molar-refractivity contribution in [2.24, 2.45) is 11.7 Å². The first kappa shape index (κ1) is 31.7. The largest absolute Gasteiger partial charge is 0.493 e. The predicted molar refractivity (Wildman–Crippen MR) is 168 cm³/mol. The third kappa shape index (κ3) is 7.50. The van der Waals surface area contributed by atoms with E-state index in [1.807, 2.05) is 6.07 Å². The number of hydrogen-bond donors (Lipinski definition) is 2. The van der Waals surface area contributed by atoms with Crippen molar-refractivity contribution < 1.29 is 33.0 Å². The van der Waals surface area contributed by atoms with E-state index in [9.17, 15) is 14.4 Å². The van der Waals surface area contributed by atoms with E-state index < -0.39 is 23.4 Å². The number of amides is 3. The predicted octanol–water partition coefficient (Wildman–Crippen LogP) is 6.37. The number of fused-ring (bicyclic) bond motifs is 1. The lowest BCUT2D eigenvalue weighted by Crippen LogP contribution is -2.41. The van der Waals surface area contributed by atoms with Gasteiger partial charge < -0.3 is 25.3 Å². The van der Waals surface area contributed by atoms with Gasteiger partial charge in [0.15, 0.2) is 11.6 Å². The van der Waals surface area contributed by atoms with E-state index in [-0.39, 0.29) is 42.2 Å². The van der Waals surface area contributed by atoms with Crippen molar-refractivity contribution in [1.82, 2.24) is 4.98 Å². The number of ether oxygens (including phenoxy) is 3. The molecule has 0 radical (unpaired) electrons. The van der Waals surface area contributed by atoms with Crippen LogP contribution in [0.15, 0.2) is 79.0 Å². The number of hydrogen-bond acceptors (Lipinski definition) is 8. The van der Waals surface area contributed by atoms with Gasteiger partial charge in [0.05, 0.1) is 24.4 Å². The smallest absolute Gasteiger partial charge is 0.333 e. The normalized spacial score (nSPS) is 14.5. The van der Waals surface area contributed by atoms with Gasteiger partial charge in [-0.25, -0.2) is 14.1 Å². The maximum absolute atomic E-state index is 15.4. The van der Waals surface area contributed by atoms with Crippen LogP contribution in [-0.4, -0.2) is 41.6 Å². The minimum atomic E-state index is -0.738. The van der Waals surface area contributed by atoms with Crippen LogP contribution in [0.1, 0.15) is 32.1 Å². The second-order valence-corrected chi connectivity index (χ2v) is 10.9. The second-order valence-electron chi connectivity index (χ2n) is 10.9. The van der Waals surface area contributed by atoms with Crippen molar-refractivity contribution in [3.63, 3.8) is 0 Å². The molecule has 10 nitrogen and oxygen atoms in total. The molecule has 2 saturated carbocycles. The van der Waals surface area contributed by atoms with Gasteiger partial charge in [0.2, 0.25) is 5.91 Å². The highest BCUT2D eigenvalue weighted by molar-refractivity contribution is 6.19. The van der Waals surface area contributed by atoms with Gasteiger partial charge in [0.1, 0.15) is 17.1 Å². The van der Waals surface area contributed by atoms with Crippen molar-refractivity contribution >= 4 is 52.6 Å². The third-order valence-corrected chi connectivity index (χ3v) is 7.57. The lowest BCUT2D eigenvalue weighted by molar-refractivity contribution is -0.150. The Hall–Kier alpha value is -4.74. The van der Waals surface area contributed by atoms with Crippen molar-refractivity contribution in [1.29, 1.82) is 0 Å². The molecule has 1 heterocycles. The van der Waals surface area contributed by atoms with Gasteiger partial charge in [0.25, 0.3) is 0 Å². The van der Waals surface area contributed by atoms with E-state index in [2.05, 4.69) is 10.3 Å². The average molecular weight is 635 g/mol. The standard InChI is InChI=1S/C33H31FN4O6.ClH/c34-26-18-23(38(31(40)21-6-7-21)32(41)37-22-4-2-1-3-5-22)8-11-29(26)43-28-12-16-36-27-19-24(9-10-25(27)28)42-17-15-33(13-14-33)44-30(39)20-35;/h1-5,8-12,16,18-19,21H,6-7,13-15,17,20,35H2,(H,37,41);1H. The number of esters is 1. The Morgan fingerprint density at radius 1 is 1.00 bits per heavy atom. The molecule has 2 fully saturated rings. The Bertz CT molecular complexity index is 1710. The average Bonchev–Trinajstić information content (AvgIpc) is 3.96. The fourth-order valence-corrected chi connectivity index (χ4v) is 4.85. The maximum atomic E-state index is 15.4. The molecule has 6 rings (SSSR count). The quantitative estimate of drug-likeness (QED) is 0.182. The molecule has 0 unspecified atom stereocenters. The first-order valence-corrected chi connectivity index (χ1v) is 14.4. The molecule has 0 bridgehead atoms. The number of nitrogens with two attached hydrogens (primary N) is 1. The summed E-state index contributed by atoms with van der Waals surface area (Å²) in [6.45, 7) is 0.197. The van der Waals surface area contributed by atoms with E-state index in [0.717, 1.165) is 23.8 Å². The third-order valence-electron chi connectivity index (χ3n) is 7.57. The number of carbonyl (C=O) groups excluding carboxylic acids is 3. The lowest BCUT2D eigenvalue weighted by Gasteiger charge is -2.22. The Balaban J connectivity index is 0.00000400. The molecule has 2 aliphatic rings. The van der Waals surface area contributed by atoms with Gasteiger partial charge in [-0.3, -0.25) is 14.6 Å². The zero-order valence-corrected chi connectivity index (χ0v) is 25.1. The molecule has 234 valence electrons. The summed E-state index contributed by atoms with van der Waals surface area (Å²) in [7, 11) is 0. The topological polar surface area (TPSA) is 133 Å². The van der Waals surface area contributed by atoms with Crippen LogP contribution in [0, 0.1) is 11.7 Å². The summed E-state index contributed by atoms with van der Waals surface area (Å²) < 4.78 is 32.7. The number of halogens is 2. The van der Waals surface area contributed by atoms with E-state index >= 15 is 4.39 Å². The van der Waals surface area contributed by atoms with Crippen LogP contribution in [0.4, 0.5) is 20.6 Å². The SMILES string of the molecule is Cl.NCC(=O)OC1(CCOc2ccc3c(Oc4ccc(N(C(=O)Nc5ccccc5)C(=O)C5CC5)cc4F)ccnc3c2)CC1. The van der Waals surface area contributed by atoms with Gasteiger partial charge in [-0.15, -0.1) is 12.4 Å². The Morgan fingerprint density at radius 3 is 2.47 bits per heavy atom. The molecule has 12 heteroatoms. The van der Waals surface area contributed by atoms with Crippen LogP contribution < -0.4 is 25.4 Å². The van der Waals surface area contributed by atoms with Gasteiger partial charge in [-0.05, 0) is 68.1 Å². The van der Waals surface area contributed by atoms with Crippen LogP contribution in [0.25, 0.3) is 10.9 Å². The van der Waals surface area contributed by atoms with E-state index in [0.29, 0.717) is 54.0 Å². The zero-order valence-electron chi connectivity index (χ0n) is 24.2. The van der Waals surface area contributed by atoms with Gasteiger partial charge in [0, 0.05) is 41.7 Å². The molecule has 4 aromatic rings. The fraction of sp³-hybridized carbons (Fsp3) is 0.273. The Morgan fingerprint density at radius 2 is 1.78 bits per heavy atom. The molecular weight excluding hydrogens is 603 g/mol. The molecule has 45 heavy (non-hydrogen) atoms. The number of anilines is 2. The highest BCUT2D eigenvalue weighted by atomic mass is 35.5. The van der Waals surface area contributed by atoms with Crippen LogP contribution in [-0.2, 0) is 14.3 Å². The van der Waals surface area contributed by atoms with Crippen LogP contribution in [0.5, 0.6) is 17.2 Å². The minimum absolute atomic E-state index is 0. The number of carbonyl (C=O) groups is 3. The van der Waals surface area contributed by atoms with Gasteiger partial charge in [-0.1, -0.05) is 18.2 Å². The molecule has 0 spiro atoms. The second kappa shape index (κ2) is 13.5. The summed E-state index contributed by atoms with van der Waals surface area (Å²) in [4.78, 5) is 43.1. The molecule has 0 atom stereocenters. The maximum Gasteiger partial charge on any atom is 0.333 e. The van der Waals surface area contributed by atoms with Crippen molar-refractivity contribution in [3.8, 4) is 17.2 Å². The first-order valence-electron chi connectivity index (χ1n) is 14.4. The summed E-state index contributed by atoms with van der Waals surface area (Å²) >= 11 is 0. The highest BCUT2D eigenvalue weighted by Crippen LogP contribution is 2.43. The van der Waals surface area contributed by atoms with Gasteiger partial charge >= 0.3 is 12.0 Å². The number of nitrogens with zero attached hydrogens (tertiary/aromatic N) is 2. The van der Waals surface area contributed by atoms with E-state index in [1.54, 1.807) is 54.7 Å². The van der Waals surface area contributed by atoms with Crippen molar-refractivity contribution in [2.75, 3.05) is 23.4 Å². The summed E-state index contributed by atoms with van der Waals surface area (Å²) in [6, 6.07) is 19.0. The summed E-state index contributed by atoms with van der Waals surface area (Å²) in [5.74, 6) is -0.943. The summed E-state index contributed by atoms with van der Waals surface area (Å²) in [6.07, 6.45) is 5.04. The number of urea groups is 1. The van der Waals surface area contributed by atoms with Crippen molar-refractivity contribution in [2.45, 2.75) is 37.7 Å². The molecule has 3 N–H and O–H groups in total. The summed E-state index contributed by atoms with van der Waals surface area (Å²) in [5, 5.41) is 3.34. The first-order chi connectivity index (χ1) is 21.3. The van der Waals surface area contributed by atoms with Crippen LogP contribution in [0.2, 0.25) is 0 Å². The lowest BCUT2D eigenvalue weighted by atomic mass is 10.2. The number of rotatable bonds is 11. The molecule has 0 aliphatic heterocycles. The monoisotopic (exact) mass is 634 g/mol. The molecule has 2 aliphatic carbocycles. The molecule has 0 saturated heterocycles. The van der Waals surface area contributed by atoms with E-state index in [4.69, 9.17) is 19.9 Å². The number of nitrogens with one attached hydrogen (secondary N) is 1. The molecular formula is C33H32ClFN4O6. The number of pyridine rings is 1. The van der Waals surface area contributed by atoms with Crippen molar-refractivity contribution in [3.05, 3.63) is 84.8 Å². The molecule has 3 aromatic carbocycles. The van der Waals surface area contributed by atoms with Crippen LogP contribution in [0.3, 0.4) is 0 Å². The van der Waals surface area contributed by atoms with Crippen LogP contribution >= 0.6 is 12.4 Å². The minimum Gasteiger partial charge on any atom is -0.493 e. The Kier molecular flexibility index (Phi) is 9.50. The number of para-hydroxylation sites is 1. The highest BCUT2D eigenvalue weighted by Gasteiger charge is 2.46. The molecule has 3 amide bonds. The number of aromatic nitrogens is 1. The van der Waals surface area contributed by atoms with E-state index in [1.165, 1.54) is 12.1 Å².